The molecular weight excluding hydrogens is 369 g/mol. The van der Waals surface area contributed by atoms with Crippen molar-refractivity contribution >= 4 is 34.8 Å². The lowest BCUT2D eigenvalue weighted by Gasteiger charge is -2.18. The predicted octanol–water partition coefficient (Wildman–Crippen LogP) is 5.79. The van der Waals surface area contributed by atoms with E-state index in [1.807, 2.05) is 19.1 Å². The van der Waals surface area contributed by atoms with Crippen LogP contribution in [0.4, 0.5) is 5.95 Å². The zero-order valence-corrected chi connectivity index (χ0v) is 16.8. The number of rotatable bonds is 7. The average molecular weight is 392 g/mol. The van der Waals surface area contributed by atoms with E-state index in [1.54, 1.807) is 16.9 Å². The van der Waals surface area contributed by atoms with Crippen LogP contribution < -0.4 is 5.32 Å². The van der Waals surface area contributed by atoms with Gasteiger partial charge in [0.1, 0.15) is 6.33 Å². The lowest BCUT2D eigenvalue weighted by Crippen LogP contribution is -2.22. The molecule has 138 valence electrons. The Hall–Kier alpha value is -1.85. The van der Waals surface area contributed by atoms with Gasteiger partial charge in [-0.25, -0.2) is 9.97 Å². The minimum Gasteiger partial charge on any atom is -0.351 e. The van der Waals surface area contributed by atoms with Crippen molar-refractivity contribution in [3.05, 3.63) is 40.3 Å². The summed E-state index contributed by atoms with van der Waals surface area (Å²) in [5, 5.41) is 9.38. The Morgan fingerprint density at radius 2 is 1.85 bits per heavy atom. The second-order valence-electron chi connectivity index (χ2n) is 6.44. The molecule has 0 aliphatic heterocycles. The molecule has 3 aromatic rings. The Kier molecular flexibility index (Phi) is 5.99. The van der Waals surface area contributed by atoms with Crippen LogP contribution in [0, 0.1) is 6.92 Å². The van der Waals surface area contributed by atoms with E-state index in [0.717, 1.165) is 48.2 Å². The molecule has 0 amide bonds. The zero-order chi connectivity index (χ0) is 18.7. The van der Waals surface area contributed by atoms with Gasteiger partial charge in [0, 0.05) is 16.6 Å². The van der Waals surface area contributed by atoms with Gasteiger partial charge in [-0.1, -0.05) is 56.0 Å². The molecule has 7 heteroatoms. The molecule has 3 rings (SSSR count). The van der Waals surface area contributed by atoms with Gasteiger partial charge >= 0.3 is 0 Å². The normalized spacial score (nSPS) is 11.5. The van der Waals surface area contributed by atoms with Gasteiger partial charge in [-0.05, 0) is 31.9 Å². The van der Waals surface area contributed by atoms with Crippen LogP contribution >= 0.6 is 23.2 Å². The van der Waals surface area contributed by atoms with Gasteiger partial charge in [0.15, 0.2) is 5.65 Å². The van der Waals surface area contributed by atoms with Crippen LogP contribution in [0.5, 0.6) is 0 Å². The maximum absolute atomic E-state index is 6.42. The fourth-order valence-electron chi connectivity index (χ4n) is 3.25. The highest BCUT2D eigenvalue weighted by Gasteiger charge is 2.19. The fourth-order valence-corrected chi connectivity index (χ4v) is 3.75. The molecule has 2 aromatic heterocycles. The van der Waals surface area contributed by atoms with Gasteiger partial charge < -0.3 is 5.32 Å². The van der Waals surface area contributed by atoms with Crippen molar-refractivity contribution in [3.8, 4) is 11.1 Å². The Morgan fingerprint density at radius 3 is 2.50 bits per heavy atom. The highest BCUT2D eigenvalue weighted by Crippen LogP contribution is 2.35. The van der Waals surface area contributed by atoms with Crippen molar-refractivity contribution in [3.63, 3.8) is 0 Å². The van der Waals surface area contributed by atoms with Gasteiger partial charge in [0.05, 0.1) is 16.3 Å². The lowest BCUT2D eigenvalue weighted by molar-refractivity contribution is 0.579. The monoisotopic (exact) mass is 391 g/mol. The third-order valence-corrected chi connectivity index (χ3v) is 4.95. The van der Waals surface area contributed by atoms with Gasteiger partial charge in [0.25, 0.3) is 0 Å². The number of aryl methyl sites for hydroxylation is 1. The first kappa shape index (κ1) is 18.9. The van der Waals surface area contributed by atoms with Gasteiger partial charge in [-0.2, -0.15) is 9.61 Å². The predicted molar refractivity (Wildman–Crippen MR) is 108 cm³/mol. The smallest absolute Gasteiger partial charge is 0.227 e. The second kappa shape index (κ2) is 8.23. The highest BCUT2D eigenvalue weighted by molar-refractivity contribution is 6.36. The van der Waals surface area contributed by atoms with E-state index in [4.69, 9.17) is 23.2 Å². The summed E-state index contributed by atoms with van der Waals surface area (Å²) in [6, 6.07) is 5.83. The Labute approximate surface area is 163 Å². The van der Waals surface area contributed by atoms with E-state index in [9.17, 15) is 0 Å². The van der Waals surface area contributed by atoms with Gasteiger partial charge in [-0.3, -0.25) is 0 Å². The van der Waals surface area contributed by atoms with Crippen molar-refractivity contribution in [2.45, 2.75) is 52.5 Å². The molecule has 0 spiro atoms. The lowest BCUT2D eigenvalue weighted by atomic mass is 10.1. The number of nitrogens with one attached hydrogen (secondary N) is 1. The van der Waals surface area contributed by atoms with Crippen molar-refractivity contribution in [2.24, 2.45) is 0 Å². The summed E-state index contributed by atoms with van der Waals surface area (Å²) in [7, 11) is 0. The third kappa shape index (κ3) is 3.79. The molecule has 0 fully saturated rings. The highest BCUT2D eigenvalue weighted by atomic mass is 35.5. The van der Waals surface area contributed by atoms with E-state index >= 15 is 0 Å². The van der Waals surface area contributed by atoms with Crippen LogP contribution in [0.15, 0.2) is 24.5 Å². The molecule has 0 unspecified atom stereocenters. The van der Waals surface area contributed by atoms with Crippen molar-refractivity contribution in [1.82, 2.24) is 19.6 Å². The minimum atomic E-state index is 0.371. The number of halogens is 2. The molecule has 0 saturated heterocycles. The first-order valence-corrected chi connectivity index (χ1v) is 9.73. The van der Waals surface area contributed by atoms with E-state index in [2.05, 4.69) is 34.2 Å². The Bertz CT molecular complexity index is 900. The van der Waals surface area contributed by atoms with Crippen LogP contribution in [0.1, 0.15) is 45.2 Å². The Balaban J connectivity index is 2.07. The molecule has 26 heavy (non-hydrogen) atoms. The summed E-state index contributed by atoms with van der Waals surface area (Å²) in [6.07, 6.45) is 6.00. The standard InChI is InChI=1S/C19H23Cl2N5/c1-4-6-14(7-5-2)24-19-23-11-22-18-17(12(3)25-26(18)19)15-9-8-13(20)10-16(15)21/h8-11,14H,4-7H2,1-3H3,(H,22,23,24). The molecule has 0 saturated carbocycles. The molecule has 2 heterocycles. The van der Waals surface area contributed by atoms with Crippen LogP contribution in [-0.2, 0) is 0 Å². The molecule has 0 aliphatic rings. The maximum Gasteiger partial charge on any atom is 0.227 e. The summed E-state index contributed by atoms with van der Waals surface area (Å²) >= 11 is 12.5. The summed E-state index contributed by atoms with van der Waals surface area (Å²) in [5.74, 6) is 0.710. The number of anilines is 1. The molecule has 5 nitrogen and oxygen atoms in total. The second-order valence-corrected chi connectivity index (χ2v) is 7.28. The number of benzene rings is 1. The molecule has 1 aromatic carbocycles. The van der Waals surface area contributed by atoms with E-state index in [-0.39, 0.29) is 0 Å². The molecule has 0 atom stereocenters. The van der Waals surface area contributed by atoms with Crippen molar-refractivity contribution < 1.29 is 0 Å². The minimum absolute atomic E-state index is 0.371. The number of aromatic nitrogens is 4. The first-order chi connectivity index (χ1) is 12.5. The summed E-state index contributed by atoms with van der Waals surface area (Å²) < 4.78 is 1.77. The molecule has 0 aliphatic carbocycles. The number of hydrogen-bond acceptors (Lipinski definition) is 4. The third-order valence-electron chi connectivity index (χ3n) is 4.40. The topological polar surface area (TPSA) is 55.1 Å². The number of hydrogen-bond donors (Lipinski definition) is 1. The van der Waals surface area contributed by atoms with E-state index in [1.165, 1.54) is 0 Å². The molecule has 1 N–H and O–H groups in total. The molecule has 0 bridgehead atoms. The molecular formula is C19H23Cl2N5. The Morgan fingerprint density at radius 1 is 1.12 bits per heavy atom. The van der Waals surface area contributed by atoms with E-state index in [0.29, 0.717) is 22.0 Å². The largest absolute Gasteiger partial charge is 0.351 e. The zero-order valence-electron chi connectivity index (χ0n) is 15.3. The van der Waals surface area contributed by atoms with Crippen LogP contribution in [-0.4, -0.2) is 25.6 Å². The quantitative estimate of drug-likeness (QED) is 0.553. The number of nitrogens with zero attached hydrogens (tertiary/aromatic N) is 4. The van der Waals surface area contributed by atoms with Crippen molar-refractivity contribution in [1.29, 1.82) is 0 Å². The van der Waals surface area contributed by atoms with Crippen LogP contribution in [0.2, 0.25) is 10.0 Å². The maximum atomic E-state index is 6.42. The van der Waals surface area contributed by atoms with Gasteiger partial charge in [0.2, 0.25) is 5.95 Å². The summed E-state index contributed by atoms with van der Waals surface area (Å²) in [4.78, 5) is 8.88. The number of fused-ring (bicyclic) bond motifs is 1. The van der Waals surface area contributed by atoms with E-state index < -0.39 is 0 Å². The van der Waals surface area contributed by atoms with Crippen molar-refractivity contribution in [2.75, 3.05) is 5.32 Å². The fraction of sp³-hybridized carbons (Fsp3) is 0.421. The summed E-state index contributed by atoms with van der Waals surface area (Å²) in [5.41, 5.74) is 3.35. The summed E-state index contributed by atoms with van der Waals surface area (Å²) in [6.45, 7) is 6.34. The van der Waals surface area contributed by atoms with Gasteiger partial charge in [-0.15, -0.1) is 0 Å². The average Bonchev–Trinajstić information content (AvgIpc) is 2.93. The van der Waals surface area contributed by atoms with Crippen LogP contribution in [0.3, 0.4) is 0 Å². The molecule has 0 radical (unpaired) electrons. The SMILES string of the molecule is CCCC(CCC)Nc1ncnc2c(-c3ccc(Cl)cc3Cl)c(C)nn12. The van der Waals surface area contributed by atoms with Crippen LogP contribution in [0.25, 0.3) is 16.8 Å². The first-order valence-electron chi connectivity index (χ1n) is 8.97.